The second kappa shape index (κ2) is 8.00. The molecule has 0 unspecified atom stereocenters. The van der Waals surface area contributed by atoms with E-state index in [1.54, 1.807) is 11.6 Å². The molecule has 2 aromatic heterocycles. The molecule has 0 atom stereocenters. The van der Waals surface area contributed by atoms with Gasteiger partial charge in [0.2, 0.25) is 0 Å². The molecule has 156 valence electrons. The van der Waals surface area contributed by atoms with E-state index in [0.29, 0.717) is 11.3 Å². The molecule has 5 rings (SSSR count). The van der Waals surface area contributed by atoms with E-state index in [0.717, 1.165) is 33.7 Å². The molecule has 0 bridgehead atoms. The second-order valence-electron chi connectivity index (χ2n) is 7.31. The Bertz CT molecular complexity index is 1420. The Balaban J connectivity index is 1.67. The van der Waals surface area contributed by atoms with Crippen LogP contribution in [0.3, 0.4) is 0 Å². The van der Waals surface area contributed by atoms with Crippen molar-refractivity contribution >= 4 is 11.6 Å². The SMILES string of the molecule is COc1cccc(-c2cc(-c3ccc(-c4ccccc4)cc3)n3nc(C(=O)O)cc3n2)c1. The number of carbonyl (C=O) groups is 1. The highest BCUT2D eigenvalue weighted by atomic mass is 16.5. The van der Waals surface area contributed by atoms with Gasteiger partial charge < -0.3 is 9.84 Å². The summed E-state index contributed by atoms with van der Waals surface area (Å²) < 4.78 is 6.92. The number of benzene rings is 3. The van der Waals surface area contributed by atoms with Crippen LogP contribution in [0.15, 0.2) is 91.0 Å². The molecule has 0 amide bonds. The third-order valence-corrected chi connectivity index (χ3v) is 5.30. The molecule has 6 nitrogen and oxygen atoms in total. The monoisotopic (exact) mass is 421 g/mol. The van der Waals surface area contributed by atoms with Crippen LogP contribution in [-0.4, -0.2) is 32.8 Å². The fraction of sp³-hybridized carbons (Fsp3) is 0.0385. The average molecular weight is 421 g/mol. The van der Waals surface area contributed by atoms with Crippen molar-refractivity contribution in [3.63, 3.8) is 0 Å². The molecule has 3 aromatic carbocycles. The Hall–Kier alpha value is -4.45. The van der Waals surface area contributed by atoms with Gasteiger partial charge in [-0.25, -0.2) is 14.3 Å². The minimum atomic E-state index is -1.09. The van der Waals surface area contributed by atoms with Crippen molar-refractivity contribution in [1.29, 1.82) is 0 Å². The topological polar surface area (TPSA) is 76.7 Å². The van der Waals surface area contributed by atoms with Crippen LogP contribution in [0, 0.1) is 0 Å². The van der Waals surface area contributed by atoms with Crippen LogP contribution in [0.4, 0.5) is 0 Å². The molecule has 0 saturated heterocycles. The van der Waals surface area contributed by atoms with E-state index in [1.165, 1.54) is 6.07 Å². The first-order valence-corrected chi connectivity index (χ1v) is 10.1. The number of aromatic nitrogens is 3. The normalized spacial score (nSPS) is 10.9. The van der Waals surface area contributed by atoms with Gasteiger partial charge in [-0.1, -0.05) is 66.7 Å². The number of carboxylic acids is 1. The largest absolute Gasteiger partial charge is 0.497 e. The summed E-state index contributed by atoms with van der Waals surface area (Å²) >= 11 is 0. The Morgan fingerprint density at radius 3 is 2.22 bits per heavy atom. The highest BCUT2D eigenvalue weighted by molar-refractivity contribution is 5.87. The fourth-order valence-corrected chi connectivity index (χ4v) is 3.68. The summed E-state index contributed by atoms with van der Waals surface area (Å²) in [6.07, 6.45) is 0. The number of aromatic carboxylic acids is 1. The fourth-order valence-electron chi connectivity index (χ4n) is 3.68. The zero-order valence-corrected chi connectivity index (χ0v) is 17.3. The van der Waals surface area contributed by atoms with Crippen LogP contribution >= 0.6 is 0 Å². The van der Waals surface area contributed by atoms with Crippen molar-refractivity contribution in [2.45, 2.75) is 0 Å². The van der Waals surface area contributed by atoms with E-state index in [9.17, 15) is 9.90 Å². The first-order valence-electron chi connectivity index (χ1n) is 10.1. The Morgan fingerprint density at radius 1 is 0.812 bits per heavy atom. The van der Waals surface area contributed by atoms with Gasteiger partial charge in [-0.15, -0.1) is 0 Å². The van der Waals surface area contributed by atoms with E-state index >= 15 is 0 Å². The van der Waals surface area contributed by atoms with Crippen molar-refractivity contribution in [2.24, 2.45) is 0 Å². The molecule has 32 heavy (non-hydrogen) atoms. The Morgan fingerprint density at radius 2 is 1.50 bits per heavy atom. The maximum atomic E-state index is 11.5. The van der Waals surface area contributed by atoms with Gasteiger partial charge in [0, 0.05) is 17.2 Å². The van der Waals surface area contributed by atoms with Crippen LogP contribution in [0.25, 0.3) is 39.3 Å². The second-order valence-corrected chi connectivity index (χ2v) is 7.31. The summed E-state index contributed by atoms with van der Waals surface area (Å²) in [6.45, 7) is 0. The average Bonchev–Trinajstić information content (AvgIpc) is 3.29. The lowest BCUT2D eigenvalue weighted by molar-refractivity contribution is 0.0690. The van der Waals surface area contributed by atoms with Gasteiger partial charge in [0.15, 0.2) is 11.3 Å². The number of hydrogen-bond donors (Lipinski definition) is 1. The summed E-state index contributed by atoms with van der Waals surface area (Å²) in [7, 11) is 1.62. The quantitative estimate of drug-likeness (QED) is 0.409. The van der Waals surface area contributed by atoms with Gasteiger partial charge >= 0.3 is 5.97 Å². The maximum Gasteiger partial charge on any atom is 0.356 e. The van der Waals surface area contributed by atoms with Crippen LogP contribution < -0.4 is 4.74 Å². The van der Waals surface area contributed by atoms with E-state index in [-0.39, 0.29) is 5.69 Å². The van der Waals surface area contributed by atoms with Crippen LogP contribution in [0.5, 0.6) is 5.75 Å². The smallest absolute Gasteiger partial charge is 0.356 e. The first-order chi connectivity index (χ1) is 15.6. The van der Waals surface area contributed by atoms with Gasteiger partial charge in [-0.2, -0.15) is 5.10 Å². The molecule has 5 aromatic rings. The highest BCUT2D eigenvalue weighted by Gasteiger charge is 2.16. The van der Waals surface area contributed by atoms with Crippen molar-refractivity contribution in [1.82, 2.24) is 14.6 Å². The summed E-state index contributed by atoms with van der Waals surface area (Å²) in [6, 6.07) is 29.2. The number of nitrogens with zero attached hydrogens (tertiary/aromatic N) is 3. The molecule has 0 radical (unpaired) electrons. The van der Waals surface area contributed by atoms with E-state index in [4.69, 9.17) is 4.74 Å². The van der Waals surface area contributed by atoms with Crippen molar-refractivity contribution in [3.05, 3.63) is 96.7 Å². The lowest BCUT2D eigenvalue weighted by atomic mass is 10.0. The highest BCUT2D eigenvalue weighted by Crippen LogP contribution is 2.30. The lowest BCUT2D eigenvalue weighted by Crippen LogP contribution is -2.01. The molecule has 0 aliphatic rings. The summed E-state index contributed by atoms with van der Waals surface area (Å²) in [5.74, 6) is -0.374. The number of fused-ring (bicyclic) bond motifs is 1. The van der Waals surface area contributed by atoms with Gasteiger partial charge in [0.05, 0.1) is 18.5 Å². The van der Waals surface area contributed by atoms with E-state index in [2.05, 4.69) is 22.2 Å². The van der Waals surface area contributed by atoms with Gasteiger partial charge in [0.1, 0.15) is 5.75 Å². The van der Waals surface area contributed by atoms with E-state index < -0.39 is 5.97 Å². The Labute approximate surface area is 184 Å². The summed E-state index contributed by atoms with van der Waals surface area (Å²) in [4.78, 5) is 16.2. The Kier molecular flexibility index (Phi) is 4.88. The third kappa shape index (κ3) is 3.58. The number of methoxy groups -OCH3 is 1. The first kappa shape index (κ1) is 19.5. The zero-order chi connectivity index (χ0) is 22.1. The van der Waals surface area contributed by atoms with Gasteiger partial charge in [-0.3, -0.25) is 0 Å². The lowest BCUT2D eigenvalue weighted by Gasteiger charge is -2.10. The number of hydrogen-bond acceptors (Lipinski definition) is 4. The number of carboxylic acid groups (broad SMARTS) is 1. The minimum Gasteiger partial charge on any atom is -0.497 e. The molecule has 0 spiro atoms. The van der Waals surface area contributed by atoms with Crippen LogP contribution in [0.1, 0.15) is 10.5 Å². The minimum absolute atomic E-state index is 0.0533. The van der Waals surface area contributed by atoms with Crippen LogP contribution in [-0.2, 0) is 0 Å². The van der Waals surface area contributed by atoms with Crippen molar-refractivity contribution in [2.75, 3.05) is 7.11 Å². The molecule has 0 aliphatic carbocycles. The molecule has 1 N–H and O–H groups in total. The number of ether oxygens (including phenoxy) is 1. The summed E-state index contributed by atoms with van der Waals surface area (Å²) in [5, 5.41) is 13.7. The third-order valence-electron chi connectivity index (χ3n) is 5.30. The predicted molar refractivity (Wildman–Crippen MR) is 123 cm³/mol. The van der Waals surface area contributed by atoms with Gasteiger partial charge in [-0.05, 0) is 29.3 Å². The van der Waals surface area contributed by atoms with Crippen molar-refractivity contribution in [3.8, 4) is 39.4 Å². The zero-order valence-electron chi connectivity index (χ0n) is 17.3. The van der Waals surface area contributed by atoms with Crippen molar-refractivity contribution < 1.29 is 14.6 Å². The summed E-state index contributed by atoms with van der Waals surface area (Å²) in [5.41, 5.74) is 5.86. The molecule has 0 fully saturated rings. The molecule has 0 aliphatic heterocycles. The standard InChI is InChI=1S/C26H19N3O3/c1-32-21-9-5-8-20(14-21)22-15-24(29-25(27-22)16-23(28-29)26(30)31)19-12-10-18(11-13-19)17-6-3-2-4-7-17/h2-16H,1H3,(H,30,31). The molecule has 6 heteroatoms. The van der Waals surface area contributed by atoms with E-state index in [1.807, 2.05) is 72.8 Å². The van der Waals surface area contributed by atoms with Gasteiger partial charge in [0.25, 0.3) is 0 Å². The molecule has 0 saturated carbocycles. The predicted octanol–water partition coefficient (Wildman–Crippen LogP) is 5.44. The molecular formula is C26H19N3O3. The van der Waals surface area contributed by atoms with Crippen LogP contribution in [0.2, 0.25) is 0 Å². The molecule has 2 heterocycles. The number of rotatable bonds is 5. The maximum absolute atomic E-state index is 11.5. The molecular weight excluding hydrogens is 402 g/mol.